The lowest BCUT2D eigenvalue weighted by Gasteiger charge is -2.13. The molecule has 0 saturated carbocycles. The van der Waals surface area contributed by atoms with Crippen molar-refractivity contribution < 1.29 is 19.0 Å². The van der Waals surface area contributed by atoms with E-state index in [0.29, 0.717) is 12.1 Å². The first-order valence-electron chi connectivity index (χ1n) is 7.96. The molecule has 0 spiro atoms. The highest BCUT2D eigenvalue weighted by molar-refractivity contribution is 9.10. The van der Waals surface area contributed by atoms with Gasteiger partial charge in [-0.15, -0.1) is 6.58 Å². The Balaban J connectivity index is 2.27. The van der Waals surface area contributed by atoms with Gasteiger partial charge in [-0.2, -0.15) is 0 Å². The first-order valence-corrected chi connectivity index (χ1v) is 8.75. The van der Waals surface area contributed by atoms with Crippen LogP contribution in [0.3, 0.4) is 0 Å². The molecule has 8 heteroatoms. The number of ether oxygens (including phenoxy) is 1. The molecule has 0 aliphatic rings. The summed E-state index contributed by atoms with van der Waals surface area (Å²) in [6.45, 7) is 4.09. The van der Waals surface area contributed by atoms with Gasteiger partial charge in [0.15, 0.2) is 5.96 Å². The first-order chi connectivity index (χ1) is 12.9. The third-order valence-corrected chi connectivity index (χ3v) is 3.99. The maximum absolute atomic E-state index is 13.9. The van der Waals surface area contributed by atoms with E-state index < -0.39 is 5.97 Å². The van der Waals surface area contributed by atoms with Crippen molar-refractivity contribution in [3.05, 3.63) is 70.5 Å². The van der Waals surface area contributed by atoms with Gasteiger partial charge in [0.2, 0.25) is 0 Å². The van der Waals surface area contributed by atoms with E-state index >= 15 is 0 Å². The van der Waals surface area contributed by atoms with E-state index in [9.17, 15) is 14.3 Å². The van der Waals surface area contributed by atoms with Crippen molar-refractivity contribution >= 4 is 33.5 Å². The number of halogens is 2. The molecule has 0 atom stereocenters. The second-order valence-electron chi connectivity index (χ2n) is 5.42. The summed E-state index contributed by atoms with van der Waals surface area (Å²) in [5.74, 6) is -0.705. The minimum Gasteiger partial charge on any atom is -0.506 e. The van der Waals surface area contributed by atoms with E-state index in [1.807, 2.05) is 0 Å². The lowest BCUT2D eigenvalue weighted by atomic mass is 10.2. The Kier molecular flexibility index (Phi) is 7.36. The zero-order chi connectivity index (χ0) is 19.8. The maximum atomic E-state index is 13.9. The molecule has 27 heavy (non-hydrogen) atoms. The van der Waals surface area contributed by atoms with Crippen molar-refractivity contribution in [2.75, 3.05) is 19.0 Å². The summed E-state index contributed by atoms with van der Waals surface area (Å²) < 4.78 is 19.3. The number of carbonyl (C=O) groups excluding carboxylic acids is 1. The monoisotopic (exact) mass is 435 g/mol. The summed E-state index contributed by atoms with van der Waals surface area (Å²) in [6.07, 6.45) is 1.63. The Hall–Kier alpha value is -2.87. The number of benzene rings is 2. The summed E-state index contributed by atoms with van der Waals surface area (Å²) in [6, 6.07) is 8.84. The standard InChI is InChI=1S/C19H19BrFN3O3/c1-3-8-22-19(23-11-13-9-14(20)5-6-15(13)21)24-16-10-12(18(26)27-2)4-7-17(16)25/h3-7,9-10,25H,1,8,11H2,2H3,(H2,22,23,24). The van der Waals surface area contributed by atoms with Gasteiger partial charge in [-0.3, -0.25) is 0 Å². The van der Waals surface area contributed by atoms with Crippen LogP contribution in [-0.2, 0) is 11.3 Å². The van der Waals surface area contributed by atoms with Gasteiger partial charge in [0.25, 0.3) is 0 Å². The molecule has 0 unspecified atom stereocenters. The Morgan fingerprint density at radius 2 is 2.15 bits per heavy atom. The van der Waals surface area contributed by atoms with E-state index in [0.717, 1.165) is 4.47 Å². The highest BCUT2D eigenvalue weighted by atomic mass is 79.9. The van der Waals surface area contributed by atoms with Gasteiger partial charge in [0, 0.05) is 16.6 Å². The quantitative estimate of drug-likeness (QED) is 0.211. The molecule has 0 radical (unpaired) electrons. The number of esters is 1. The molecule has 2 aromatic rings. The molecule has 142 valence electrons. The van der Waals surface area contributed by atoms with Crippen molar-refractivity contribution in [1.29, 1.82) is 0 Å². The number of hydrogen-bond donors (Lipinski definition) is 3. The highest BCUT2D eigenvalue weighted by Crippen LogP contribution is 2.24. The van der Waals surface area contributed by atoms with Crippen LogP contribution in [0.5, 0.6) is 5.75 Å². The fraction of sp³-hybridized carbons (Fsp3) is 0.158. The van der Waals surface area contributed by atoms with E-state index in [2.05, 4.69) is 42.9 Å². The fourth-order valence-electron chi connectivity index (χ4n) is 2.15. The minimum atomic E-state index is -0.535. The zero-order valence-electron chi connectivity index (χ0n) is 14.6. The third kappa shape index (κ3) is 5.82. The number of aliphatic imine (C=N–C) groups is 1. The van der Waals surface area contributed by atoms with Gasteiger partial charge in [-0.1, -0.05) is 22.0 Å². The highest BCUT2D eigenvalue weighted by Gasteiger charge is 2.11. The number of rotatable bonds is 6. The van der Waals surface area contributed by atoms with Gasteiger partial charge in [-0.05, 0) is 36.4 Å². The second-order valence-corrected chi connectivity index (χ2v) is 6.33. The van der Waals surface area contributed by atoms with Crippen LogP contribution in [0.15, 0.2) is 58.5 Å². The number of aromatic hydroxyl groups is 1. The summed E-state index contributed by atoms with van der Waals surface area (Å²) in [4.78, 5) is 16.0. The molecular weight excluding hydrogens is 417 g/mol. The van der Waals surface area contributed by atoms with Crippen LogP contribution in [0.25, 0.3) is 0 Å². The van der Waals surface area contributed by atoms with Crippen LogP contribution >= 0.6 is 15.9 Å². The van der Waals surface area contributed by atoms with E-state index in [1.54, 1.807) is 18.2 Å². The molecule has 6 nitrogen and oxygen atoms in total. The van der Waals surface area contributed by atoms with Gasteiger partial charge in [-0.25, -0.2) is 14.2 Å². The number of carbonyl (C=O) groups is 1. The number of hydrogen-bond acceptors (Lipinski definition) is 4. The van der Waals surface area contributed by atoms with Crippen molar-refractivity contribution in [1.82, 2.24) is 5.32 Å². The van der Waals surface area contributed by atoms with Gasteiger partial charge in [0.1, 0.15) is 11.6 Å². The van der Waals surface area contributed by atoms with Crippen LogP contribution in [0, 0.1) is 5.82 Å². The summed E-state index contributed by atoms with van der Waals surface area (Å²) in [5.41, 5.74) is 0.915. The average molecular weight is 436 g/mol. The fourth-order valence-corrected chi connectivity index (χ4v) is 2.55. The Morgan fingerprint density at radius 3 is 2.85 bits per heavy atom. The average Bonchev–Trinajstić information content (AvgIpc) is 2.67. The van der Waals surface area contributed by atoms with E-state index in [-0.39, 0.29) is 35.3 Å². The van der Waals surface area contributed by atoms with Crippen molar-refractivity contribution in [2.45, 2.75) is 6.54 Å². The molecule has 0 aromatic heterocycles. The number of phenolic OH excluding ortho intramolecular Hbond substituents is 1. The largest absolute Gasteiger partial charge is 0.506 e. The molecule has 0 heterocycles. The van der Waals surface area contributed by atoms with Crippen LogP contribution in [-0.4, -0.2) is 30.7 Å². The maximum Gasteiger partial charge on any atom is 0.337 e. The van der Waals surface area contributed by atoms with Crippen molar-refractivity contribution in [2.24, 2.45) is 4.99 Å². The number of methoxy groups -OCH3 is 1. The Morgan fingerprint density at radius 1 is 1.37 bits per heavy atom. The Bertz CT molecular complexity index is 871. The van der Waals surface area contributed by atoms with Gasteiger partial charge in [0.05, 0.1) is 24.9 Å². The summed E-state index contributed by atoms with van der Waals surface area (Å²) in [7, 11) is 1.27. The predicted octanol–water partition coefficient (Wildman–Crippen LogP) is 3.82. The molecule has 0 bridgehead atoms. The summed E-state index contributed by atoms with van der Waals surface area (Å²) >= 11 is 3.30. The number of nitrogens with one attached hydrogen (secondary N) is 2. The number of nitrogens with zero attached hydrogens (tertiary/aromatic N) is 1. The zero-order valence-corrected chi connectivity index (χ0v) is 16.2. The Labute approximate surface area is 164 Å². The molecule has 0 fully saturated rings. The molecule has 2 aromatic carbocycles. The molecule has 3 N–H and O–H groups in total. The predicted molar refractivity (Wildman–Crippen MR) is 107 cm³/mol. The normalized spacial score (nSPS) is 11.0. The SMILES string of the molecule is C=CCNC(=NCc1cc(Br)ccc1F)Nc1cc(C(=O)OC)ccc1O. The number of anilines is 1. The second kappa shape index (κ2) is 9.72. The van der Waals surface area contributed by atoms with E-state index in [4.69, 9.17) is 0 Å². The third-order valence-electron chi connectivity index (χ3n) is 3.50. The minimum absolute atomic E-state index is 0.0647. The van der Waals surface area contributed by atoms with Crippen LogP contribution < -0.4 is 10.6 Å². The van der Waals surface area contributed by atoms with Crippen molar-refractivity contribution in [3.63, 3.8) is 0 Å². The molecule has 0 aliphatic heterocycles. The van der Waals surface area contributed by atoms with Crippen LogP contribution in [0.1, 0.15) is 15.9 Å². The molecule has 0 amide bonds. The lowest BCUT2D eigenvalue weighted by Crippen LogP contribution is -2.31. The smallest absolute Gasteiger partial charge is 0.337 e. The van der Waals surface area contributed by atoms with Crippen LogP contribution in [0.2, 0.25) is 0 Å². The lowest BCUT2D eigenvalue weighted by molar-refractivity contribution is 0.0601. The van der Waals surface area contributed by atoms with Crippen molar-refractivity contribution in [3.8, 4) is 5.75 Å². The summed E-state index contributed by atoms with van der Waals surface area (Å²) in [5, 5.41) is 15.9. The molecule has 0 saturated heterocycles. The van der Waals surface area contributed by atoms with Gasteiger partial charge >= 0.3 is 5.97 Å². The molecule has 0 aliphatic carbocycles. The van der Waals surface area contributed by atoms with Gasteiger partial charge < -0.3 is 20.5 Å². The molecule has 2 rings (SSSR count). The topological polar surface area (TPSA) is 83.0 Å². The van der Waals surface area contributed by atoms with E-state index in [1.165, 1.54) is 31.4 Å². The molecular formula is C19H19BrFN3O3. The first kappa shape index (κ1) is 20.4. The van der Waals surface area contributed by atoms with Crippen LogP contribution in [0.4, 0.5) is 10.1 Å². The number of phenols is 1. The number of guanidine groups is 1.